The van der Waals surface area contributed by atoms with Crippen molar-refractivity contribution in [2.24, 2.45) is 5.92 Å². The SMILES string of the molecule is CCNC(Cc1c(C)cccc1C)CC1CC1. The van der Waals surface area contributed by atoms with Crippen LogP contribution in [0.4, 0.5) is 0 Å². The number of rotatable bonds is 6. The second kappa shape index (κ2) is 5.68. The van der Waals surface area contributed by atoms with Crippen LogP contribution in [0, 0.1) is 19.8 Å². The van der Waals surface area contributed by atoms with Gasteiger partial charge in [0.05, 0.1) is 0 Å². The van der Waals surface area contributed by atoms with E-state index in [-0.39, 0.29) is 0 Å². The molecule has 17 heavy (non-hydrogen) atoms. The Kier molecular flexibility index (Phi) is 4.22. The third kappa shape index (κ3) is 3.57. The molecule has 1 aliphatic carbocycles. The monoisotopic (exact) mass is 231 g/mol. The average molecular weight is 231 g/mol. The van der Waals surface area contributed by atoms with Gasteiger partial charge in [0, 0.05) is 6.04 Å². The predicted molar refractivity (Wildman–Crippen MR) is 74.4 cm³/mol. The molecule has 1 aliphatic rings. The molecule has 1 fully saturated rings. The predicted octanol–water partition coefficient (Wildman–Crippen LogP) is 3.62. The minimum Gasteiger partial charge on any atom is -0.314 e. The Morgan fingerprint density at radius 3 is 2.41 bits per heavy atom. The second-order valence-corrected chi connectivity index (χ2v) is 5.51. The van der Waals surface area contributed by atoms with Crippen molar-refractivity contribution in [1.82, 2.24) is 5.32 Å². The molecule has 0 amide bonds. The highest BCUT2D eigenvalue weighted by atomic mass is 14.9. The zero-order valence-corrected chi connectivity index (χ0v) is 11.4. The molecule has 2 rings (SSSR count). The van der Waals surface area contributed by atoms with Gasteiger partial charge in [-0.15, -0.1) is 0 Å². The maximum atomic E-state index is 3.66. The smallest absolute Gasteiger partial charge is 0.0110 e. The van der Waals surface area contributed by atoms with E-state index in [1.54, 1.807) is 5.56 Å². The van der Waals surface area contributed by atoms with Gasteiger partial charge >= 0.3 is 0 Å². The van der Waals surface area contributed by atoms with Crippen molar-refractivity contribution in [3.05, 3.63) is 34.9 Å². The van der Waals surface area contributed by atoms with Crippen molar-refractivity contribution in [2.75, 3.05) is 6.54 Å². The van der Waals surface area contributed by atoms with Gasteiger partial charge in [-0.25, -0.2) is 0 Å². The fourth-order valence-electron chi connectivity index (χ4n) is 2.70. The molecule has 1 aromatic carbocycles. The molecular weight excluding hydrogens is 206 g/mol. The van der Waals surface area contributed by atoms with Crippen LogP contribution in [0.2, 0.25) is 0 Å². The first kappa shape index (κ1) is 12.6. The van der Waals surface area contributed by atoms with Crippen LogP contribution in [0.5, 0.6) is 0 Å². The van der Waals surface area contributed by atoms with Crippen molar-refractivity contribution in [3.8, 4) is 0 Å². The van der Waals surface area contributed by atoms with Crippen LogP contribution in [0.25, 0.3) is 0 Å². The van der Waals surface area contributed by atoms with Gasteiger partial charge in [-0.1, -0.05) is 38.0 Å². The molecule has 1 unspecified atom stereocenters. The Morgan fingerprint density at radius 1 is 1.24 bits per heavy atom. The minimum atomic E-state index is 0.673. The number of likely N-dealkylation sites (N-methyl/N-ethyl adjacent to an activating group) is 1. The number of nitrogens with one attached hydrogen (secondary N) is 1. The van der Waals surface area contributed by atoms with Gasteiger partial charge in [-0.05, 0) is 55.8 Å². The van der Waals surface area contributed by atoms with Crippen molar-refractivity contribution in [1.29, 1.82) is 0 Å². The first-order valence-corrected chi connectivity index (χ1v) is 6.99. The molecule has 1 atom stereocenters. The molecule has 1 aromatic rings. The van der Waals surface area contributed by atoms with E-state index in [1.807, 2.05) is 0 Å². The van der Waals surface area contributed by atoms with Gasteiger partial charge < -0.3 is 5.32 Å². The van der Waals surface area contributed by atoms with Crippen LogP contribution in [-0.2, 0) is 6.42 Å². The van der Waals surface area contributed by atoms with Gasteiger partial charge in [0.25, 0.3) is 0 Å². The Balaban J connectivity index is 2.04. The lowest BCUT2D eigenvalue weighted by Crippen LogP contribution is -2.32. The maximum absolute atomic E-state index is 3.66. The van der Waals surface area contributed by atoms with E-state index < -0.39 is 0 Å². The topological polar surface area (TPSA) is 12.0 Å². The fraction of sp³-hybridized carbons (Fsp3) is 0.625. The van der Waals surface area contributed by atoms with Crippen molar-refractivity contribution < 1.29 is 0 Å². The molecule has 0 spiro atoms. The molecule has 1 heteroatoms. The highest BCUT2D eigenvalue weighted by Gasteiger charge is 2.25. The minimum absolute atomic E-state index is 0.673. The first-order chi connectivity index (χ1) is 8.20. The van der Waals surface area contributed by atoms with Crippen LogP contribution < -0.4 is 5.32 Å². The van der Waals surface area contributed by atoms with Crippen molar-refractivity contribution in [2.45, 2.75) is 52.5 Å². The number of benzene rings is 1. The third-order valence-electron chi connectivity index (χ3n) is 3.90. The van der Waals surface area contributed by atoms with E-state index in [1.165, 1.54) is 36.8 Å². The molecule has 94 valence electrons. The second-order valence-electron chi connectivity index (χ2n) is 5.51. The van der Waals surface area contributed by atoms with E-state index >= 15 is 0 Å². The Hall–Kier alpha value is -0.820. The van der Waals surface area contributed by atoms with Crippen LogP contribution in [0.1, 0.15) is 42.9 Å². The molecule has 1 nitrogen and oxygen atoms in total. The molecular formula is C16H25N. The molecule has 0 radical (unpaired) electrons. The molecule has 1 N–H and O–H groups in total. The van der Waals surface area contributed by atoms with Crippen molar-refractivity contribution in [3.63, 3.8) is 0 Å². The lowest BCUT2D eigenvalue weighted by Gasteiger charge is -2.20. The molecule has 0 saturated heterocycles. The summed E-state index contributed by atoms with van der Waals surface area (Å²) in [6.07, 6.45) is 5.47. The lowest BCUT2D eigenvalue weighted by atomic mass is 9.94. The number of hydrogen-bond acceptors (Lipinski definition) is 1. The standard InChI is InChI=1S/C16H25N/c1-4-17-15(10-14-8-9-14)11-16-12(2)6-5-7-13(16)3/h5-7,14-15,17H,4,8-11H2,1-3H3. The van der Waals surface area contributed by atoms with Crippen LogP contribution in [-0.4, -0.2) is 12.6 Å². The third-order valence-corrected chi connectivity index (χ3v) is 3.90. The number of hydrogen-bond donors (Lipinski definition) is 1. The molecule has 0 aromatic heterocycles. The van der Waals surface area contributed by atoms with E-state index in [0.29, 0.717) is 6.04 Å². The largest absolute Gasteiger partial charge is 0.314 e. The molecule has 0 aliphatic heterocycles. The van der Waals surface area contributed by atoms with Gasteiger partial charge in [-0.3, -0.25) is 0 Å². The highest BCUT2D eigenvalue weighted by Crippen LogP contribution is 2.34. The Labute approximate surface area is 106 Å². The molecule has 0 heterocycles. The Bertz CT molecular complexity index is 346. The van der Waals surface area contributed by atoms with Crippen LogP contribution in [0.15, 0.2) is 18.2 Å². The zero-order chi connectivity index (χ0) is 12.3. The maximum Gasteiger partial charge on any atom is 0.0110 e. The normalized spacial score (nSPS) is 17.1. The summed E-state index contributed by atoms with van der Waals surface area (Å²) in [5, 5.41) is 3.66. The average Bonchev–Trinajstić information content (AvgIpc) is 3.08. The summed E-state index contributed by atoms with van der Waals surface area (Å²) in [5.74, 6) is 1.00. The quantitative estimate of drug-likeness (QED) is 0.788. The summed E-state index contributed by atoms with van der Waals surface area (Å²) in [7, 11) is 0. The van der Waals surface area contributed by atoms with E-state index in [2.05, 4.69) is 44.3 Å². The lowest BCUT2D eigenvalue weighted by molar-refractivity contribution is 0.465. The first-order valence-electron chi connectivity index (χ1n) is 6.99. The van der Waals surface area contributed by atoms with Crippen LogP contribution in [0.3, 0.4) is 0 Å². The summed E-state index contributed by atoms with van der Waals surface area (Å²) in [4.78, 5) is 0. The molecule has 1 saturated carbocycles. The fourth-order valence-corrected chi connectivity index (χ4v) is 2.70. The summed E-state index contributed by atoms with van der Waals surface area (Å²) in [6.45, 7) is 7.78. The van der Waals surface area contributed by atoms with E-state index in [0.717, 1.165) is 12.5 Å². The van der Waals surface area contributed by atoms with Gasteiger partial charge in [0.1, 0.15) is 0 Å². The number of aryl methyl sites for hydroxylation is 2. The Morgan fingerprint density at radius 2 is 1.88 bits per heavy atom. The highest BCUT2D eigenvalue weighted by molar-refractivity contribution is 5.34. The summed E-state index contributed by atoms with van der Waals surface area (Å²) in [6, 6.07) is 7.31. The van der Waals surface area contributed by atoms with E-state index in [4.69, 9.17) is 0 Å². The molecule has 0 bridgehead atoms. The summed E-state index contributed by atoms with van der Waals surface area (Å²) < 4.78 is 0. The van der Waals surface area contributed by atoms with Gasteiger partial charge in [-0.2, -0.15) is 0 Å². The van der Waals surface area contributed by atoms with Gasteiger partial charge in [0.2, 0.25) is 0 Å². The van der Waals surface area contributed by atoms with Crippen molar-refractivity contribution >= 4 is 0 Å². The zero-order valence-electron chi connectivity index (χ0n) is 11.4. The van der Waals surface area contributed by atoms with E-state index in [9.17, 15) is 0 Å². The van der Waals surface area contributed by atoms with Crippen LogP contribution >= 0.6 is 0 Å². The van der Waals surface area contributed by atoms with Gasteiger partial charge in [0.15, 0.2) is 0 Å². The summed E-state index contributed by atoms with van der Waals surface area (Å²) in [5.41, 5.74) is 4.45. The summed E-state index contributed by atoms with van der Waals surface area (Å²) >= 11 is 0.